The molecule has 1 aliphatic heterocycles. The number of aromatic carboxylic acids is 1. The predicted octanol–water partition coefficient (Wildman–Crippen LogP) is 8.15. The van der Waals surface area contributed by atoms with Gasteiger partial charge in [0, 0.05) is 101 Å². The van der Waals surface area contributed by atoms with E-state index >= 15 is 0 Å². The number of carboxylic acids is 3. The third kappa shape index (κ3) is 58.6. The number of benzene rings is 6. The maximum absolute atomic E-state index is 12.0. The molecule has 6 aromatic rings. The number of rotatable bonds is 24. The van der Waals surface area contributed by atoms with E-state index in [1.807, 2.05) is 60.7 Å². The predicted molar refractivity (Wildman–Crippen MR) is 383 cm³/mol. The van der Waals surface area contributed by atoms with E-state index < -0.39 is 38.7 Å². The first-order valence-corrected chi connectivity index (χ1v) is 34.9. The van der Waals surface area contributed by atoms with Gasteiger partial charge < -0.3 is 70.3 Å². The Morgan fingerprint density at radius 1 is 0.583 bits per heavy atom. The molecule has 0 bridgehead atoms. The van der Waals surface area contributed by atoms with Gasteiger partial charge in [0.25, 0.3) is 17.6 Å². The van der Waals surface area contributed by atoms with Gasteiger partial charge in [-0.25, -0.2) is 9.00 Å². The molecule has 0 radical (unpaired) electrons. The second kappa shape index (κ2) is 64.1. The van der Waals surface area contributed by atoms with Crippen LogP contribution in [0.25, 0.3) is 0 Å². The van der Waals surface area contributed by atoms with Gasteiger partial charge >= 0.3 is 77.0 Å². The van der Waals surface area contributed by atoms with Gasteiger partial charge in [-0.2, -0.15) is 0 Å². The number of carbonyl (C=O) groups is 8. The normalized spacial score (nSPS) is 10.9. The fourth-order valence-electron chi connectivity index (χ4n) is 6.85. The van der Waals surface area contributed by atoms with Crippen LogP contribution in [-0.4, -0.2) is 97.8 Å². The van der Waals surface area contributed by atoms with Gasteiger partial charge in [0.15, 0.2) is 12.1 Å². The molecule has 1 atom stereocenters. The summed E-state index contributed by atoms with van der Waals surface area (Å²) in [6, 6.07) is 42.4. The van der Waals surface area contributed by atoms with E-state index in [9.17, 15) is 33.6 Å². The van der Waals surface area contributed by atoms with Gasteiger partial charge in [0.1, 0.15) is 0 Å². The van der Waals surface area contributed by atoms with Crippen molar-refractivity contribution in [1.29, 1.82) is 0 Å². The molecular formula is C64H79Br4Cl3N6Na2O16S. The number of nitrogens with one attached hydrogen (secondary N) is 2. The van der Waals surface area contributed by atoms with Crippen molar-refractivity contribution in [2.45, 2.75) is 109 Å². The summed E-state index contributed by atoms with van der Waals surface area (Å²) < 4.78 is 17.5. The van der Waals surface area contributed by atoms with Crippen molar-refractivity contribution in [2.75, 3.05) is 42.2 Å². The molecule has 2 amide bonds. The molecular weight excluding hydrogens is 1610 g/mol. The zero-order valence-electron chi connectivity index (χ0n) is 54.0. The van der Waals surface area contributed by atoms with Crippen molar-refractivity contribution in [3.8, 4) is 0 Å². The number of nitrogen functional groups attached to an aromatic ring is 3. The maximum atomic E-state index is 12.0. The van der Waals surface area contributed by atoms with Crippen LogP contribution in [0, 0.1) is 0 Å². The Kier molecular flexibility index (Phi) is 65.4. The fourth-order valence-corrected chi connectivity index (χ4v) is 8.04. The molecule has 96 heavy (non-hydrogen) atoms. The molecule has 6 aromatic carbocycles. The maximum Gasteiger partial charge on any atom is 1.00 e. The molecule has 32 heteroatoms. The van der Waals surface area contributed by atoms with Crippen LogP contribution in [-0.2, 0) is 38.0 Å². The number of ether oxygens (including phenoxy) is 1. The fraction of sp³-hybridized carbons (Fsp3) is 0.312. The Morgan fingerprint density at radius 3 is 1.31 bits per heavy atom. The average Bonchev–Trinajstić information content (AvgIpc) is 3.18. The van der Waals surface area contributed by atoms with Crippen LogP contribution in [0.4, 0.5) is 22.7 Å². The molecule has 0 aromatic heterocycles. The van der Waals surface area contributed by atoms with Gasteiger partial charge in [0.05, 0.1) is 28.3 Å². The van der Waals surface area contributed by atoms with Crippen LogP contribution >= 0.6 is 96.7 Å². The Balaban J connectivity index is -0.000000347. The molecule has 1 heterocycles. The summed E-state index contributed by atoms with van der Waals surface area (Å²) in [7, 11) is 7.36. The first-order chi connectivity index (χ1) is 44.7. The molecule has 0 saturated carbocycles. The molecule has 7 rings (SSSR count). The van der Waals surface area contributed by atoms with Crippen molar-refractivity contribution in [1.82, 2.24) is 5.32 Å². The molecule has 1 saturated heterocycles. The van der Waals surface area contributed by atoms with E-state index in [4.69, 9.17) is 74.0 Å². The summed E-state index contributed by atoms with van der Waals surface area (Å²) in [5.74, 6) is -2.33. The van der Waals surface area contributed by atoms with Crippen molar-refractivity contribution in [3.05, 3.63) is 186 Å². The van der Waals surface area contributed by atoms with Crippen LogP contribution in [0.3, 0.4) is 0 Å². The number of anilines is 4. The number of hydrogen-bond acceptors (Lipinski definition) is 17. The van der Waals surface area contributed by atoms with E-state index in [0.717, 1.165) is 101 Å². The number of ketones is 1. The summed E-state index contributed by atoms with van der Waals surface area (Å²) in [5.41, 5.74) is 26.5. The summed E-state index contributed by atoms with van der Waals surface area (Å²) in [5, 5.41) is 47.2. The van der Waals surface area contributed by atoms with Gasteiger partial charge in [-0.3, -0.25) is 33.6 Å². The van der Waals surface area contributed by atoms with Crippen LogP contribution in [0.1, 0.15) is 146 Å². The number of unbranched alkanes of at least 4 members (excludes halogenated alkanes) is 7. The number of nitrogens with two attached hydrogens (primary N) is 4. The van der Waals surface area contributed by atoms with Gasteiger partial charge in [-0.05, 0) is 172 Å². The summed E-state index contributed by atoms with van der Waals surface area (Å²) in [6.45, 7) is 1.80. The number of carboxylic acid groups (broad SMARTS) is 3. The number of halogens is 7. The second-order valence-corrected chi connectivity index (χ2v) is 25.5. The van der Waals surface area contributed by atoms with Gasteiger partial charge in [0.2, 0.25) is 15.1 Å². The molecule has 1 aliphatic rings. The van der Waals surface area contributed by atoms with Crippen molar-refractivity contribution < 1.29 is 138 Å². The Labute approximate surface area is 655 Å². The minimum atomic E-state index is -1.67. The number of amides is 2. The number of para-hydroxylation sites is 4. The Morgan fingerprint density at radius 2 is 0.958 bits per heavy atom. The number of aliphatic carboxylic acids is 2. The van der Waals surface area contributed by atoms with E-state index in [2.05, 4.69) is 101 Å². The van der Waals surface area contributed by atoms with E-state index in [1.165, 1.54) is 0 Å². The average molecular weight is 1690 g/mol. The monoisotopic (exact) mass is 1690 g/mol. The number of Topliss-reactive ketones (excluding diaryl/α,β-unsaturated/α-hetero) is 1. The summed E-state index contributed by atoms with van der Waals surface area (Å²) in [4.78, 5) is 87.9. The number of hydrogen-bond donors (Lipinski definition) is 10. The molecule has 0 spiro atoms. The largest absolute Gasteiger partial charge is 1.00 e. The smallest absolute Gasteiger partial charge is 1.00 e. The second-order valence-electron chi connectivity index (χ2n) is 19.0. The minimum absolute atomic E-state index is 0. The van der Waals surface area contributed by atoms with Crippen molar-refractivity contribution >= 4 is 176 Å². The van der Waals surface area contributed by atoms with E-state index in [1.54, 1.807) is 84.9 Å². The summed E-state index contributed by atoms with van der Waals surface area (Å²) >= 11 is 18.3. The third-order valence-electron chi connectivity index (χ3n) is 11.6. The molecule has 0 aliphatic carbocycles. The number of carbonyl (C=O) groups excluding carboxylic acids is 5. The van der Waals surface area contributed by atoms with Crippen molar-refractivity contribution in [3.63, 3.8) is 0 Å². The van der Waals surface area contributed by atoms with Crippen LogP contribution < -0.4 is 97.9 Å². The first kappa shape index (κ1) is 98.0. The van der Waals surface area contributed by atoms with E-state index in [-0.39, 0.29) is 97.5 Å². The third-order valence-corrected chi connectivity index (χ3v) is 13.9. The SMILES string of the molecule is NCCCCCC(=O)O.Nc1ccccc1N.Nc1ccccc1NC(=O)CCCCCCC(=O)c1ccc(Br)cc1.O=C(Cl)c1ccc(Br)cc1.O=C(O)CCCCCNC(=O)c1ccc(Br)cc1.O=C(O)c1ccc(Br)cc1.O=CO[O-].O=S(Cl)Cl.OC1CCCO1.[H-].[Na+].[Na+]. The van der Waals surface area contributed by atoms with Crippen LogP contribution in [0.2, 0.25) is 0 Å². The standard InChI is InChI=1S/C20H23BrN2O2.C13H16BrNO3.C7H4BrClO.C7H5BrO2.C6H8N2.C6H13NO2.C4H8O2.CH2O3.Cl2OS.2Na.H/c21-16-13-11-15(12-14-16)19(24)9-3-1-2-4-10-20(25)23-18-8-6-5-7-17(18)22;14-11-7-5-10(6-8-11)13(18)15-9-3-1-2-4-12(16)17;2*8-6-3-1-5(2-4-6)7(9)10;7-5-3-1-2-4-6(5)8;7-5-3-1-2-4-6(8)9;5-4-2-1-3-6-4;2-1-4-3;1-4(2)3;;;/h5-8,11-14H,1-4,9-10,22H2,(H,23,25);5-8H,1-4,9H2,(H,15,18)(H,16,17);1-4H;1-4H,(H,9,10);1-4H,7-8H2;1-5,7H2,(H,8,9);4-5H,1-3H2;1,3H;;;;/q;;;;;;;;;2*+1;-1/p-1. The van der Waals surface area contributed by atoms with Crippen molar-refractivity contribution in [2.24, 2.45) is 5.73 Å². The zero-order valence-corrected chi connectivity index (χ0v) is 66.4. The molecule has 1 fully saturated rings. The minimum Gasteiger partial charge on any atom is -1.00 e. The Bertz CT molecular complexity index is 3070. The quantitative estimate of drug-likeness (QED) is 0.00399. The number of aliphatic hydroxyl groups excluding tert-OH is 1. The molecule has 518 valence electrons. The molecule has 14 N–H and O–H groups in total. The topological polar surface area (TPSA) is 404 Å². The van der Waals surface area contributed by atoms with Gasteiger partial charge in [-0.15, -0.1) is 0 Å². The summed E-state index contributed by atoms with van der Waals surface area (Å²) in [6.07, 6.45) is 11.3. The molecule has 1 unspecified atom stereocenters. The molecule has 22 nitrogen and oxygen atoms in total. The zero-order chi connectivity index (χ0) is 71.1. The van der Waals surface area contributed by atoms with Crippen LogP contribution in [0.5, 0.6) is 0 Å². The Hall–Kier alpha value is -4.34. The number of aliphatic hydroxyl groups is 1. The van der Waals surface area contributed by atoms with Crippen LogP contribution in [0.15, 0.2) is 163 Å². The van der Waals surface area contributed by atoms with E-state index in [0.29, 0.717) is 71.8 Å². The van der Waals surface area contributed by atoms with Gasteiger partial charge in [-0.1, -0.05) is 126 Å². The first-order valence-electron chi connectivity index (χ1n) is 28.6.